The fourth-order valence-corrected chi connectivity index (χ4v) is 6.21. The predicted molar refractivity (Wildman–Crippen MR) is 106 cm³/mol. The van der Waals surface area contributed by atoms with Crippen LogP contribution in [-0.2, 0) is 22.9 Å². The zero-order chi connectivity index (χ0) is 19.7. The van der Waals surface area contributed by atoms with Crippen molar-refractivity contribution in [1.82, 2.24) is 15.2 Å². The number of hydrazine groups is 1. The SMILES string of the molecule is O=C(NNC(=O)c1cc2c(s1)CCC2)c1ccc(S(=O)(=O)N2CCCC2)cc1. The van der Waals surface area contributed by atoms with Crippen LogP contribution >= 0.6 is 11.3 Å². The number of nitrogens with zero attached hydrogens (tertiary/aromatic N) is 1. The molecular formula is C19H21N3O4S2. The molecule has 0 radical (unpaired) electrons. The molecule has 0 spiro atoms. The van der Waals surface area contributed by atoms with Gasteiger partial charge < -0.3 is 0 Å². The summed E-state index contributed by atoms with van der Waals surface area (Å²) in [4.78, 5) is 26.5. The monoisotopic (exact) mass is 419 g/mol. The quantitative estimate of drug-likeness (QED) is 0.742. The Morgan fingerprint density at radius 1 is 0.929 bits per heavy atom. The molecule has 2 aromatic rings. The van der Waals surface area contributed by atoms with Gasteiger partial charge in [0.25, 0.3) is 11.8 Å². The number of carbonyl (C=O) groups is 2. The highest BCUT2D eigenvalue weighted by Gasteiger charge is 2.27. The van der Waals surface area contributed by atoms with Crippen molar-refractivity contribution in [3.63, 3.8) is 0 Å². The summed E-state index contributed by atoms with van der Waals surface area (Å²) < 4.78 is 26.5. The van der Waals surface area contributed by atoms with Gasteiger partial charge >= 0.3 is 0 Å². The van der Waals surface area contributed by atoms with Gasteiger partial charge in [0, 0.05) is 23.5 Å². The minimum absolute atomic E-state index is 0.170. The number of carbonyl (C=O) groups excluding carboxylic acids is 2. The van der Waals surface area contributed by atoms with Gasteiger partial charge in [-0.25, -0.2) is 8.42 Å². The van der Waals surface area contributed by atoms with Crippen LogP contribution < -0.4 is 10.9 Å². The van der Waals surface area contributed by atoms with Crippen LogP contribution in [0.25, 0.3) is 0 Å². The number of amides is 2. The van der Waals surface area contributed by atoms with E-state index in [0.29, 0.717) is 18.0 Å². The van der Waals surface area contributed by atoms with Crippen LogP contribution in [-0.4, -0.2) is 37.6 Å². The average Bonchev–Trinajstić information content (AvgIpc) is 3.43. The number of aryl methyl sites for hydroxylation is 2. The number of thiophene rings is 1. The molecule has 2 aliphatic rings. The highest BCUT2D eigenvalue weighted by molar-refractivity contribution is 7.89. The Morgan fingerprint density at radius 3 is 2.29 bits per heavy atom. The first-order valence-electron chi connectivity index (χ1n) is 9.27. The van der Waals surface area contributed by atoms with Crippen molar-refractivity contribution in [3.8, 4) is 0 Å². The third-order valence-electron chi connectivity index (χ3n) is 5.08. The molecule has 1 aliphatic carbocycles. The maximum Gasteiger partial charge on any atom is 0.279 e. The van der Waals surface area contributed by atoms with Gasteiger partial charge in [0.05, 0.1) is 9.77 Å². The zero-order valence-corrected chi connectivity index (χ0v) is 16.9. The van der Waals surface area contributed by atoms with Crippen LogP contribution in [0.15, 0.2) is 35.2 Å². The maximum absolute atomic E-state index is 12.5. The fraction of sp³-hybridized carbons (Fsp3) is 0.368. The summed E-state index contributed by atoms with van der Waals surface area (Å²) in [6.45, 7) is 1.06. The molecule has 2 heterocycles. The summed E-state index contributed by atoms with van der Waals surface area (Å²) in [6.07, 6.45) is 4.87. The van der Waals surface area contributed by atoms with Crippen LogP contribution in [0.5, 0.6) is 0 Å². The summed E-state index contributed by atoms with van der Waals surface area (Å²) >= 11 is 1.46. The van der Waals surface area contributed by atoms with Crippen molar-refractivity contribution in [2.45, 2.75) is 37.0 Å². The largest absolute Gasteiger partial charge is 0.279 e. The van der Waals surface area contributed by atoms with Gasteiger partial charge in [-0.05, 0) is 68.0 Å². The van der Waals surface area contributed by atoms with Gasteiger partial charge in [-0.3, -0.25) is 20.4 Å². The van der Waals surface area contributed by atoms with Gasteiger partial charge in [-0.15, -0.1) is 11.3 Å². The maximum atomic E-state index is 12.5. The lowest BCUT2D eigenvalue weighted by atomic mass is 10.2. The molecule has 28 heavy (non-hydrogen) atoms. The van der Waals surface area contributed by atoms with E-state index in [1.54, 1.807) is 0 Å². The highest BCUT2D eigenvalue weighted by Crippen LogP contribution is 2.30. The van der Waals surface area contributed by atoms with Crippen molar-refractivity contribution < 1.29 is 18.0 Å². The van der Waals surface area contributed by atoms with Crippen molar-refractivity contribution in [1.29, 1.82) is 0 Å². The molecule has 1 saturated heterocycles. The molecule has 1 fully saturated rings. The second-order valence-electron chi connectivity index (χ2n) is 6.96. The second-order valence-corrected chi connectivity index (χ2v) is 10.0. The molecule has 2 amide bonds. The Balaban J connectivity index is 1.37. The van der Waals surface area contributed by atoms with Crippen molar-refractivity contribution in [2.75, 3.05) is 13.1 Å². The summed E-state index contributed by atoms with van der Waals surface area (Å²) in [7, 11) is -3.51. The lowest BCUT2D eigenvalue weighted by Crippen LogP contribution is -2.41. The van der Waals surface area contributed by atoms with E-state index < -0.39 is 15.9 Å². The first kappa shape index (κ1) is 19.1. The lowest BCUT2D eigenvalue weighted by Gasteiger charge is -2.15. The molecule has 0 atom stereocenters. The molecule has 148 valence electrons. The smallest absolute Gasteiger partial charge is 0.267 e. The standard InChI is InChI=1S/C19H21N3O4S2/c23-18(20-21-19(24)17-12-14-4-3-5-16(14)27-17)13-6-8-15(9-7-13)28(25,26)22-10-1-2-11-22/h6-9,12H,1-5,10-11H2,(H,20,23)(H,21,24). The molecule has 1 aromatic carbocycles. The minimum Gasteiger partial charge on any atom is -0.267 e. The molecule has 7 nitrogen and oxygen atoms in total. The fourth-order valence-electron chi connectivity index (χ4n) is 3.54. The Hall–Kier alpha value is -2.23. The lowest BCUT2D eigenvalue weighted by molar-refractivity contribution is 0.0849. The number of hydrogen-bond donors (Lipinski definition) is 2. The molecule has 1 aliphatic heterocycles. The van der Waals surface area contributed by atoms with Gasteiger partial charge in [-0.1, -0.05) is 0 Å². The van der Waals surface area contributed by atoms with Crippen molar-refractivity contribution >= 4 is 33.2 Å². The Bertz CT molecular complexity index is 985. The predicted octanol–water partition coefficient (Wildman–Crippen LogP) is 2.10. The first-order valence-corrected chi connectivity index (χ1v) is 11.5. The average molecular weight is 420 g/mol. The van der Waals surface area contributed by atoms with Crippen LogP contribution in [0.1, 0.15) is 49.7 Å². The van der Waals surface area contributed by atoms with Crippen molar-refractivity contribution in [3.05, 3.63) is 51.2 Å². The summed E-state index contributed by atoms with van der Waals surface area (Å²) in [5.41, 5.74) is 6.30. The number of fused-ring (bicyclic) bond motifs is 1. The molecule has 0 saturated carbocycles. The van der Waals surface area contributed by atoms with E-state index in [9.17, 15) is 18.0 Å². The molecule has 0 bridgehead atoms. The van der Waals surface area contributed by atoms with Crippen molar-refractivity contribution in [2.24, 2.45) is 0 Å². The van der Waals surface area contributed by atoms with E-state index in [1.165, 1.54) is 50.3 Å². The number of hydrogen-bond acceptors (Lipinski definition) is 5. The molecular weight excluding hydrogens is 398 g/mol. The van der Waals surface area contributed by atoms with E-state index in [2.05, 4.69) is 10.9 Å². The summed E-state index contributed by atoms with van der Waals surface area (Å²) in [5, 5.41) is 0. The van der Waals surface area contributed by atoms with Crippen LogP contribution in [0.4, 0.5) is 0 Å². The third-order valence-corrected chi connectivity index (χ3v) is 8.23. The van der Waals surface area contributed by atoms with E-state index in [0.717, 1.165) is 32.1 Å². The zero-order valence-electron chi connectivity index (χ0n) is 15.2. The van der Waals surface area contributed by atoms with E-state index in [4.69, 9.17) is 0 Å². The highest BCUT2D eigenvalue weighted by atomic mass is 32.2. The molecule has 2 N–H and O–H groups in total. The van der Waals surface area contributed by atoms with Gasteiger partial charge in [0.1, 0.15) is 0 Å². The normalized spacial score (nSPS) is 16.7. The Morgan fingerprint density at radius 2 is 1.61 bits per heavy atom. The second kappa shape index (κ2) is 7.65. The van der Waals surface area contributed by atoms with Gasteiger partial charge in [0.2, 0.25) is 10.0 Å². The Labute approximate surface area is 167 Å². The number of sulfonamides is 1. The summed E-state index contributed by atoms with van der Waals surface area (Å²) in [6, 6.07) is 7.63. The molecule has 4 rings (SSSR count). The topological polar surface area (TPSA) is 95.6 Å². The third kappa shape index (κ3) is 3.69. The van der Waals surface area contributed by atoms with Crippen LogP contribution in [0.3, 0.4) is 0 Å². The minimum atomic E-state index is -3.51. The van der Waals surface area contributed by atoms with Gasteiger partial charge in [-0.2, -0.15) is 4.31 Å². The van der Waals surface area contributed by atoms with E-state index >= 15 is 0 Å². The van der Waals surface area contributed by atoms with Crippen LogP contribution in [0, 0.1) is 0 Å². The Kier molecular flexibility index (Phi) is 5.22. The number of benzene rings is 1. The number of rotatable bonds is 4. The van der Waals surface area contributed by atoms with E-state index in [-0.39, 0.29) is 16.4 Å². The first-order chi connectivity index (χ1) is 13.4. The van der Waals surface area contributed by atoms with Gasteiger partial charge in [0.15, 0.2) is 0 Å². The summed E-state index contributed by atoms with van der Waals surface area (Å²) in [5.74, 6) is -0.844. The van der Waals surface area contributed by atoms with E-state index in [1.807, 2.05) is 6.07 Å². The molecule has 1 aromatic heterocycles. The molecule has 0 unspecified atom stereocenters. The molecule has 9 heteroatoms. The number of nitrogens with one attached hydrogen (secondary N) is 2. The van der Waals surface area contributed by atoms with Crippen LogP contribution in [0.2, 0.25) is 0 Å².